The quantitative estimate of drug-likeness (QED) is 0.644. The number of methoxy groups -OCH3 is 1. The summed E-state index contributed by atoms with van der Waals surface area (Å²) in [6.45, 7) is 1.44. The molecular weight excluding hydrogens is 325 g/mol. The maximum Gasteiger partial charge on any atom is 0.249 e. The van der Waals surface area contributed by atoms with Crippen LogP contribution in [0.4, 0.5) is 10.2 Å². The third-order valence-corrected chi connectivity index (χ3v) is 4.62. The molecule has 2 rings (SSSR count). The molecule has 0 bridgehead atoms. The summed E-state index contributed by atoms with van der Waals surface area (Å²) in [5, 5.41) is -0.458. The Morgan fingerprint density at radius 2 is 2.04 bits per heavy atom. The maximum absolute atomic E-state index is 13.4. The molecule has 0 aliphatic carbocycles. The Kier molecular flexibility index (Phi) is 4.60. The fourth-order valence-corrected chi connectivity index (χ4v) is 2.54. The molecule has 122 valence electrons. The summed E-state index contributed by atoms with van der Waals surface area (Å²) in [6.07, 6.45) is 1.01. The van der Waals surface area contributed by atoms with Gasteiger partial charge in [-0.3, -0.25) is 4.79 Å². The van der Waals surface area contributed by atoms with E-state index in [0.29, 0.717) is 0 Å². The molecule has 2 aromatic rings. The number of anilines is 1. The Hall–Kier alpha value is -2.55. The van der Waals surface area contributed by atoms with Crippen LogP contribution in [0.3, 0.4) is 0 Å². The second-order valence-electron chi connectivity index (χ2n) is 4.53. The van der Waals surface area contributed by atoms with Gasteiger partial charge >= 0.3 is 0 Å². The summed E-state index contributed by atoms with van der Waals surface area (Å²) in [6, 6.07) is 3.44. The van der Waals surface area contributed by atoms with E-state index in [-0.39, 0.29) is 28.4 Å². The molecule has 9 heteroatoms. The van der Waals surface area contributed by atoms with Crippen molar-refractivity contribution < 1.29 is 22.3 Å². The number of carbonyl (C=O) groups excluding carboxylic acids is 1. The van der Waals surface area contributed by atoms with Crippen LogP contribution in [0.2, 0.25) is 0 Å². The highest BCUT2D eigenvalue weighted by atomic mass is 32.2. The molecule has 23 heavy (non-hydrogen) atoms. The number of sulfone groups is 1. The molecule has 0 atom stereocenters. The van der Waals surface area contributed by atoms with Gasteiger partial charge in [0.2, 0.25) is 20.8 Å². The number of halogens is 1. The molecule has 1 aromatic carbocycles. The van der Waals surface area contributed by atoms with Gasteiger partial charge in [0.1, 0.15) is 17.4 Å². The van der Waals surface area contributed by atoms with Gasteiger partial charge in [0.05, 0.1) is 24.0 Å². The molecule has 1 aromatic heterocycles. The highest BCUT2D eigenvalue weighted by molar-refractivity contribution is 7.91. The molecule has 2 N–H and O–H groups in total. The zero-order valence-corrected chi connectivity index (χ0v) is 13.2. The van der Waals surface area contributed by atoms with Crippen LogP contribution >= 0.6 is 0 Å². The number of hydrogen-bond acceptors (Lipinski definition) is 7. The van der Waals surface area contributed by atoms with Crippen LogP contribution in [0.5, 0.6) is 5.75 Å². The average molecular weight is 339 g/mol. The fourth-order valence-electron chi connectivity index (χ4n) is 1.83. The van der Waals surface area contributed by atoms with Crippen molar-refractivity contribution in [2.75, 3.05) is 18.6 Å². The van der Waals surface area contributed by atoms with E-state index in [1.54, 1.807) is 0 Å². The van der Waals surface area contributed by atoms with E-state index in [0.717, 1.165) is 18.3 Å². The molecule has 0 amide bonds. The minimum atomic E-state index is -3.65. The van der Waals surface area contributed by atoms with Crippen molar-refractivity contribution in [1.82, 2.24) is 9.97 Å². The lowest BCUT2D eigenvalue weighted by atomic mass is 10.0. The first-order valence-corrected chi connectivity index (χ1v) is 8.19. The molecule has 0 saturated carbocycles. The van der Waals surface area contributed by atoms with E-state index in [4.69, 9.17) is 10.5 Å². The molecule has 0 unspecified atom stereocenters. The monoisotopic (exact) mass is 339 g/mol. The number of aromatic nitrogens is 2. The lowest BCUT2D eigenvalue weighted by Gasteiger charge is -2.09. The smallest absolute Gasteiger partial charge is 0.249 e. The van der Waals surface area contributed by atoms with Gasteiger partial charge < -0.3 is 10.5 Å². The summed E-state index contributed by atoms with van der Waals surface area (Å²) in [7, 11) is -2.31. The van der Waals surface area contributed by atoms with E-state index in [1.165, 1.54) is 20.1 Å². The molecule has 0 radical (unpaired) electrons. The van der Waals surface area contributed by atoms with Crippen molar-refractivity contribution in [1.29, 1.82) is 0 Å². The van der Waals surface area contributed by atoms with E-state index in [1.807, 2.05) is 0 Å². The third-order valence-electron chi connectivity index (χ3n) is 3.11. The summed E-state index contributed by atoms with van der Waals surface area (Å²) in [4.78, 5) is 19.8. The Morgan fingerprint density at radius 1 is 1.35 bits per heavy atom. The third kappa shape index (κ3) is 3.29. The number of hydrogen-bond donors (Lipinski definition) is 1. The van der Waals surface area contributed by atoms with Crippen LogP contribution in [-0.4, -0.2) is 37.0 Å². The summed E-state index contributed by atoms with van der Waals surface area (Å²) in [5.41, 5.74) is 5.47. The number of rotatable bonds is 5. The molecule has 0 aliphatic heterocycles. The number of benzene rings is 1. The first-order chi connectivity index (χ1) is 10.8. The molecule has 0 saturated heterocycles. The Morgan fingerprint density at radius 3 is 2.61 bits per heavy atom. The van der Waals surface area contributed by atoms with Gasteiger partial charge in [0.15, 0.2) is 0 Å². The van der Waals surface area contributed by atoms with Crippen LogP contribution < -0.4 is 10.5 Å². The van der Waals surface area contributed by atoms with Crippen molar-refractivity contribution in [2.24, 2.45) is 0 Å². The minimum Gasteiger partial charge on any atom is -0.496 e. The molecule has 0 fully saturated rings. The minimum absolute atomic E-state index is 0.0612. The van der Waals surface area contributed by atoms with Gasteiger partial charge in [0.25, 0.3) is 0 Å². The summed E-state index contributed by atoms with van der Waals surface area (Å²) in [5.74, 6) is -1.64. The number of ether oxygens (including phenoxy) is 1. The molecule has 0 spiro atoms. The number of nitrogens with two attached hydrogens (primary N) is 1. The van der Waals surface area contributed by atoms with Crippen LogP contribution in [-0.2, 0) is 9.84 Å². The second kappa shape index (κ2) is 6.29. The summed E-state index contributed by atoms with van der Waals surface area (Å²) >= 11 is 0. The Labute approximate surface area is 132 Å². The molecular formula is C14H14FN3O4S. The van der Waals surface area contributed by atoms with Gasteiger partial charge in [-0.15, -0.1) is 0 Å². The fraction of sp³-hybridized carbons (Fsp3) is 0.214. The van der Waals surface area contributed by atoms with Gasteiger partial charge in [-0.1, -0.05) is 6.92 Å². The second-order valence-corrected chi connectivity index (χ2v) is 6.70. The van der Waals surface area contributed by atoms with Gasteiger partial charge in [0, 0.05) is 6.20 Å². The predicted octanol–water partition coefficient (Wildman–Crippen LogP) is 1.23. The van der Waals surface area contributed by atoms with Crippen LogP contribution in [0.15, 0.2) is 29.6 Å². The van der Waals surface area contributed by atoms with E-state index in [2.05, 4.69) is 9.97 Å². The predicted molar refractivity (Wildman–Crippen MR) is 80.6 cm³/mol. The van der Waals surface area contributed by atoms with Crippen LogP contribution in [0, 0.1) is 5.82 Å². The normalized spacial score (nSPS) is 11.3. The largest absolute Gasteiger partial charge is 0.496 e. The van der Waals surface area contributed by atoms with E-state index in [9.17, 15) is 17.6 Å². The first kappa shape index (κ1) is 16.8. The van der Waals surface area contributed by atoms with Crippen molar-refractivity contribution in [3.63, 3.8) is 0 Å². The van der Waals surface area contributed by atoms with Crippen LogP contribution in [0.25, 0.3) is 0 Å². The van der Waals surface area contributed by atoms with Gasteiger partial charge in [-0.25, -0.2) is 22.8 Å². The molecule has 1 heterocycles. The standard InChI is InChI=1S/C14H14FN3O4S/c1-3-23(20,21)14-17-7-10(13(16)18-14)12(19)9-6-8(15)4-5-11(9)22-2/h4-7H,3H2,1-2H3,(H2,16,17,18). The number of carbonyl (C=O) groups is 1. The topological polar surface area (TPSA) is 112 Å². The molecule has 0 aliphatic rings. The van der Waals surface area contributed by atoms with Gasteiger partial charge in [-0.05, 0) is 18.2 Å². The lowest BCUT2D eigenvalue weighted by molar-refractivity contribution is 0.103. The highest BCUT2D eigenvalue weighted by Gasteiger charge is 2.22. The first-order valence-electron chi connectivity index (χ1n) is 6.53. The molecule has 7 nitrogen and oxygen atoms in total. The summed E-state index contributed by atoms with van der Waals surface area (Å²) < 4.78 is 41.8. The van der Waals surface area contributed by atoms with Gasteiger partial charge in [-0.2, -0.15) is 0 Å². The zero-order valence-electron chi connectivity index (χ0n) is 12.4. The van der Waals surface area contributed by atoms with E-state index >= 15 is 0 Å². The van der Waals surface area contributed by atoms with Crippen molar-refractivity contribution in [3.05, 3.63) is 41.3 Å². The van der Waals surface area contributed by atoms with E-state index < -0.39 is 26.6 Å². The zero-order chi connectivity index (χ0) is 17.2. The van der Waals surface area contributed by atoms with Crippen LogP contribution in [0.1, 0.15) is 22.8 Å². The Balaban J connectivity index is 2.51. The number of nitrogens with zero attached hydrogens (tertiary/aromatic N) is 2. The number of nitrogen functional groups attached to an aromatic ring is 1. The van der Waals surface area contributed by atoms with Crippen molar-refractivity contribution in [3.8, 4) is 5.75 Å². The van der Waals surface area contributed by atoms with Crippen molar-refractivity contribution >= 4 is 21.4 Å². The van der Waals surface area contributed by atoms with Crippen molar-refractivity contribution in [2.45, 2.75) is 12.1 Å². The Bertz CT molecular complexity index is 868. The lowest BCUT2D eigenvalue weighted by Crippen LogP contribution is -2.14. The average Bonchev–Trinajstić information content (AvgIpc) is 2.54. The highest BCUT2D eigenvalue weighted by Crippen LogP contribution is 2.24. The number of ketones is 1. The maximum atomic E-state index is 13.4. The SMILES string of the molecule is CCS(=O)(=O)c1ncc(C(=O)c2cc(F)ccc2OC)c(N)n1.